The summed E-state index contributed by atoms with van der Waals surface area (Å²) in [6.07, 6.45) is 3.57. The van der Waals surface area contributed by atoms with Gasteiger partial charge in [-0.3, -0.25) is 9.59 Å². The van der Waals surface area contributed by atoms with Crippen LogP contribution in [0.1, 0.15) is 25.8 Å². The maximum atomic E-state index is 13.4. The zero-order valence-electron chi connectivity index (χ0n) is 17.9. The quantitative estimate of drug-likeness (QED) is 0.487. The van der Waals surface area contributed by atoms with Crippen LogP contribution in [0.3, 0.4) is 0 Å². The number of pyridine rings is 1. The molecule has 164 valence electrons. The molecule has 1 saturated heterocycles. The Kier molecular flexibility index (Phi) is 7.06. The number of amides is 2. The summed E-state index contributed by atoms with van der Waals surface area (Å²) in [6, 6.07) is 2.40. The maximum absolute atomic E-state index is 13.4. The molecule has 9 heteroatoms. The van der Waals surface area contributed by atoms with E-state index in [9.17, 15) is 14.7 Å². The number of aliphatic hydroxyl groups is 1. The van der Waals surface area contributed by atoms with Crippen LogP contribution in [-0.4, -0.2) is 82.8 Å². The highest BCUT2D eigenvalue weighted by Gasteiger charge is 2.40. The number of rotatable bonds is 8. The molecule has 4 N–H and O–H groups in total. The Morgan fingerprint density at radius 2 is 2.20 bits per heavy atom. The zero-order chi connectivity index (χ0) is 21.8. The van der Waals surface area contributed by atoms with Gasteiger partial charge in [-0.2, -0.15) is 0 Å². The highest BCUT2D eigenvalue weighted by atomic mass is 16.5. The van der Waals surface area contributed by atoms with Crippen molar-refractivity contribution in [1.82, 2.24) is 25.5 Å². The summed E-state index contributed by atoms with van der Waals surface area (Å²) in [5, 5.41) is 17.0. The molecule has 2 unspecified atom stereocenters. The number of methoxy groups -OCH3 is 1. The molecule has 2 aromatic rings. The highest BCUT2D eigenvalue weighted by molar-refractivity contribution is 5.90. The number of nitrogens with one attached hydrogen (secondary N) is 3. The second-order valence-corrected chi connectivity index (χ2v) is 7.89. The number of fused-ring (bicyclic) bond motifs is 1. The van der Waals surface area contributed by atoms with Gasteiger partial charge in [0.2, 0.25) is 11.8 Å². The fourth-order valence-corrected chi connectivity index (χ4v) is 3.89. The average Bonchev–Trinajstić information content (AvgIpc) is 3.33. The lowest BCUT2D eigenvalue weighted by molar-refractivity contribution is -0.141. The molecular formula is C21H31N5O4. The monoisotopic (exact) mass is 417 g/mol. The molecule has 5 atom stereocenters. The van der Waals surface area contributed by atoms with Gasteiger partial charge in [0, 0.05) is 37.5 Å². The van der Waals surface area contributed by atoms with E-state index in [0.29, 0.717) is 12.8 Å². The van der Waals surface area contributed by atoms with Gasteiger partial charge in [0.1, 0.15) is 11.7 Å². The summed E-state index contributed by atoms with van der Waals surface area (Å²) >= 11 is 0. The second kappa shape index (κ2) is 9.55. The summed E-state index contributed by atoms with van der Waals surface area (Å²) < 4.78 is 5.37. The first-order valence-electron chi connectivity index (χ1n) is 10.3. The van der Waals surface area contributed by atoms with Crippen LogP contribution in [0.5, 0.6) is 0 Å². The van der Waals surface area contributed by atoms with Crippen LogP contribution in [0.15, 0.2) is 24.5 Å². The van der Waals surface area contributed by atoms with Crippen LogP contribution in [0, 0.1) is 0 Å². The minimum atomic E-state index is -0.837. The van der Waals surface area contributed by atoms with E-state index < -0.39 is 24.3 Å². The van der Waals surface area contributed by atoms with Crippen LogP contribution < -0.4 is 10.6 Å². The molecule has 0 aromatic carbocycles. The van der Waals surface area contributed by atoms with Crippen molar-refractivity contribution < 1.29 is 19.4 Å². The number of hydrogen-bond acceptors (Lipinski definition) is 6. The van der Waals surface area contributed by atoms with E-state index in [1.165, 1.54) is 7.11 Å². The van der Waals surface area contributed by atoms with Gasteiger partial charge >= 0.3 is 0 Å². The molecule has 2 amide bonds. The number of H-pyrrole nitrogens is 1. The standard InChI is InChI=1S/C21H31N5O4/c1-12(22-3)20(28)25-18(13(2)30-4)21(29)26-11-16(27)9-15(26)8-14-10-24-19-17(14)6-5-7-23-19/h5-7,10,12-13,15-16,18,22,27H,8-9,11H2,1-4H3,(H,23,24)(H,25,28)/t12-,13?,15-,16?,18-/m0/s1. The third kappa shape index (κ3) is 4.63. The summed E-state index contributed by atoms with van der Waals surface area (Å²) in [5.41, 5.74) is 1.84. The number of aliphatic hydroxyl groups excluding tert-OH is 1. The van der Waals surface area contributed by atoms with Crippen molar-refractivity contribution in [2.75, 3.05) is 20.7 Å². The molecule has 0 spiro atoms. The van der Waals surface area contributed by atoms with Gasteiger partial charge in [-0.05, 0) is 51.4 Å². The van der Waals surface area contributed by atoms with Gasteiger partial charge in [-0.15, -0.1) is 0 Å². The van der Waals surface area contributed by atoms with Crippen molar-refractivity contribution in [3.63, 3.8) is 0 Å². The number of aromatic nitrogens is 2. The Morgan fingerprint density at radius 1 is 1.43 bits per heavy atom. The summed E-state index contributed by atoms with van der Waals surface area (Å²) in [7, 11) is 3.19. The van der Waals surface area contributed by atoms with E-state index in [2.05, 4.69) is 20.6 Å². The third-order valence-corrected chi connectivity index (χ3v) is 5.90. The first kappa shape index (κ1) is 22.2. The number of likely N-dealkylation sites (N-methyl/N-ethyl adjacent to an activating group) is 1. The van der Waals surface area contributed by atoms with Crippen molar-refractivity contribution in [1.29, 1.82) is 0 Å². The Bertz CT molecular complexity index is 885. The van der Waals surface area contributed by atoms with Crippen molar-refractivity contribution in [2.45, 2.75) is 57.0 Å². The van der Waals surface area contributed by atoms with Crippen LogP contribution in [0.25, 0.3) is 11.0 Å². The molecule has 9 nitrogen and oxygen atoms in total. The molecule has 0 aliphatic carbocycles. The summed E-state index contributed by atoms with van der Waals surface area (Å²) in [5.74, 6) is -0.528. The van der Waals surface area contributed by atoms with Gasteiger partial charge in [0.25, 0.3) is 0 Å². The molecule has 3 heterocycles. The number of nitrogens with zero attached hydrogens (tertiary/aromatic N) is 2. The molecule has 2 aromatic heterocycles. The predicted molar refractivity (Wildman–Crippen MR) is 113 cm³/mol. The van der Waals surface area contributed by atoms with Crippen molar-refractivity contribution in [3.8, 4) is 0 Å². The minimum absolute atomic E-state index is 0.183. The van der Waals surface area contributed by atoms with E-state index >= 15 is 0 Å². The SMILES string of the molecule is CN[C@@H](C)C(=O)N[C@H](C(=O)N1CC(O)C[C@@H]1Cc1c[nH]c2ncccc12)C(C)OC. The van der Waals surface area contributed by atoms with E-state index in [1.807, 2.05) is 18.3 Å². The largest absolute Gasteiger partial charge is 0.391 e. The molecule has 1 fully saturated rings. The molecule has 3 rings (SSSR count). The minimum Gasteiger partial charge on any atom is -0.391 e. The Balaban J connectivity index is 1.80. The lowest BCUT2D eigenvalue weighted by atomic mass is 10.0. The predicted octanol–water partition coefficient (Wildman–Crippen LogP) is 0.195. The molecular weight excluding hydrogens is 386 g/mol. The van der Waals surface area contributed by atoms with Gasteiger partial charge in [0.05, 0.1) is 18.2 Å². The Labute approximate surface area is 176 Å². The first-order chi connectivity index (χ1) is 14.3. The fraction of sp³-hybridized carbons (Fsp3) is 0.571. The van der Waals surface area contributed by atoms with Crippen molar-refractivity contribution >= 4 is 22.8 Å². The number of likely N-dealkylation sites (tertiary alicyclic amines) is 1. The molecule has 1 aliphatic heterocycles. The van der Waals surface area contributed by atoms with Crippen LogP contribution in [-0.2, 0) is 20.7 Å². The highest BCUT2D eigenvalue weighted by Crippen LogP contribution is 2.26. The van der Waals surface area contributed by atoms with Crippen LogP contribution in [0.2, 0.25) is 0 Å². The number of hydrogen-bond donors (Lipinski definition) is 4. The molecule has 0 radical (unpaired) electrons. The second-order valence-electron chi connectivity index (χ2n) is 7.89. The number of carbonyl (C=O) groups is 2. The first-order valence-corrected chi connectivity index (χ1v) is 10.3. The fourth-order valence-electron chi connectivity index (χ4n) is 3.89. The number of carbonyl (C=O) groups excluding carboxylic acids is 2. The van der Waals surface area contributed by atoms with Gasteiger partial charge < -0.3 is 30.4 Å². The van der Waals surface area contributed by atoms with Crippen molar-refractivity contribution in [3.05, 3.63) is 30.1 Å². The zero-order valence-corrected chi connectivity index (χ0v) is 17.9. The lowest BCUT2D eigenvalue weighted by Gasteiger charge is -2.32. The normalized spacial score (nSPS) is 22.1. The van der Waals surface area contributed by atoms with Crippen molar-refractivity contribution in [2.24, 2.45) is 0 Å². The maximum Gasteiger partial charge on any atom is 0.248 e. The third-order valence-electron chi connectivity index (χ3n) is 5.90. The van der Waals surface area contributed by atoms with E-state index in [4.69, 9.17) is 4.74 Å². The van der Waals surface area contributed by atoms with E-state index in [1.54, 1.807) is 32.0 Å². The van der Waals surface area contributed by atoms with Gasteiger partial charge in [0.15, 0.2) is 0 Å². The Morgan fingerprint density at radius 3 is 2.90 bits per heavy atom. The van der Waals surface area contributed by atoms with E-state index in [-0.39, 0.29) is 24.4 Å². The smallest absolute Gasteiger partial charge is 0.248 e. The number of ether oxygens (including phenoxy) is 1. The number of aromatic amines is 1. The topological polar surface area (TPSA) is 120 Å². The van der Waals surface area contributed by atoms with E-state index in [0.717, 1.165) is 16.6 Å². The molecule has 0 bridgehead atoms. The summed E-state index contributed by atoms with van der Waals surface area (Å²) in [4.78, 5) is 35.0. The van der Waals surface area contributed by atoms with Gasteiger partial charge in [-0.25, -0.2) is 4.98 Å². The molecule has 30 heavy (non-hydrogen) atoms. The summed E-state index contributed by atoms with van der Waals surface area (Å²) in [6.45, 7) is 3.70. The van der Waals surface area contributed by atoms with Crippen LogP contribution >= 0.6 is 0 Å². The average molecular weight is 418 g/mol. The van der Waals surface area contributed by atoms with Gasteiger partial charge in [-0.1, -0.05) is 0 Å². The van der Waals surface area contributed by atoms with Crippen LogP contribution in [0.4, 0.5) is 0 Å². The molecule has 0 saturated carbocycles. The lowest BCUT2D eigenvalue weighted by Crippen LogP contribution is -2.58. The number of β-amino-alcohol motifs (C(OH)–C–C–N with tert-alkyl or cyclic N) is 1. The Hall–Kier alpha value is -2.49. The molecule has 1 aliphatic rings.